The van der Waals surface area contributed by atoms with Crippen LogP contribution in [0.5, 0.6) is 11.5 Å². The lowest BCUT2D eigenvalue weighted by Gasteiger charge is -2.10. The van der Waals surface area contributed by atoms with Crippen molar-refractivity contribution in [2.45, 2.75) is 0 Å². The fourth-order valence-corrected chi connectivity index (χ4v) is 3.55. The van der Waals surface area contributed by atoms with Crippen molar-refractivity contribution in [2.75, 3.05) is 34.0 Å². The van der Waals surface area contributed by atoms with E-state index in [-0.39, 0.29) is 11.1 Å². The van der Waals surface area contributed by atoms with Crippen LogP contribution >= 0.6 is 0 Å². The Morgan fingerprint density at radius 2 is 2.03 bits per heavy atom. The molecular weight excluding hydrogens is 464 g/mol. The molecule has 0 saturated carbocycles. The zero-order valence-electron chi connectivity index (χ0n) is 20.2. The van der Waals surface area contributed by atoms with Gasteiger partial charge in [-0.1, -0.05) is 0 Å². The predicted molar refractivity (Wildman–Crippen MR) is 141 cm³/mol. The van der Waals surface area contributed by atoms with Crippen LogP contribution in [0, 0.1) is 0 Å². The van der Waals surface area contributed by atoms with Gasteiger partial charge in [0.05, 0.1) is 36.8 Å². The third-order valence-electron chi connectivity index (χ3n) is 5.10. The standard InChI is InChI=1S/C24H26N8O4/c1-25-6-5-7-26-8-9-27-22-20(24(33)30-17-14-32(2)31-21(17)22)23-28-15-12-18(35-4)19(13-16(15)29-23)36-11-10-34-3/h5-7,9,12-14H,1,8,10-11H2,2-4H3,(H,28,29)(H,30,33)/b6-5-,26-7?,27-9?. The van der Waals surface area contributed by atoms with Crippen LogP contribution in [-0.2, 0) is 11.8 Å². The second kappa shape index (κ2) is 11.2. The lowest BCUT2D eigenvalue weighted by molar-refractivity contribution is 0.144. The largest absolute Gasteiger partial charge is 0.493 e. The fourth-order valence-electron chi connectivity index (χ4n) is 3.55. The molecule has 186 valence electrons. The first-order chi connectivity index (χ1) is 17.5. The van der Waals surface area contributed by atoms with Gasteiger partial charge in [-0.25, -0.2) is 4.98 Å². The van der Waals surface area contributed by atoms with E-state index in [4.69, 9.17) is 14.2 Å². The van der Waals surface area contributed by atoms with Gasteiger partial charge < -0.3 is 24.2 Å². The van der Waals surface area contributed by atoms with Crippen molar-refractivity contribution in [3.05, 3.63) is 41.0 Å². The minimum Gasteiger partial charge on any atom is -0.493 e. The molecule has 12 heteroatoms. The first-order valence-electron chi connectivity index (χ1n) is 11.0. The number of aryl methyl sites for hydroxylation is 1. The van der Waals surface area contributed by atoms with Crippen molar-refractivity contribution in [1.29, 1.82) is 0 Å². The number of methoxy groups -OCH3 is 2. The number of aromatic nitrogens is 5. The average molecular weight is 491 g/mol. The van der Waals surface area contributed by atoms with Crippen molar-refractivity contribution >= 4 is 46.9 Å². The minimum absolute atomic E-state index is 0.259. The molecule has 0 aliphatic carbocycles. The van der Waals surface area contributed by atoms with Crippen molar-refractivity contribution in [2.24, 2.45) is 22.0 Å². The van der Waals surface area contributed by atoms with Crippen LogP contribution in [0.25, 0.3) is 33.5 Å². The van der Waals surface area contributed by atoms with E-state index in [1.165, 1.54) is 6.20 Å². The van der Waals surface area contributed by atoms with Gasteiger partial charge in [0.25, 0.3) is 5.56 Å². The van der Waals surface area contributed by atoms with E-state index in [2.05, 4.69) is 41.7 Å². The van der Waals surface area contributed by atoms with Gasteiger partial charge in [-0.15, -0.1) is 0 Å². The molecule has 0 saturated heterocycles. The summed E-state index contributed by atoms with van der Waals surface area (Å²) in [5, 5.41) is 4.49. The van der Waals surface area contributed by atoms with Crippen LogP contribution in [0.4, 0.5) is 5.69 Å². The van der Waals surface area contributed by atoms with Crippen LogP contribution in [-0.4, -0.2) is 77.9 Å². The molecule has 4 aromatic rings. The number of pyridine rings is 1. The molecule has 0 bridgehead atoms. The second-order valence-electron chi connectivity index (χ2n) is 7.54. The van der Waals surface area contributed by atoms with E-state index in [9.17, 15) is 4.79 Å². The number of imidazole rings is 1. The Kier molecular flexibility index (Phi) is 7.66. The number of rotatable bonds is 11. The van der Waals surface area contributed by atoms with E-state index >= 15 is 0 Å². The molecule has 0 atom stereocenters. The second-order valence-corrected chi connectivity index (χ2v) is 7.54. The first-order valence-corrected chi connectivity index (χ1v) is 11.0. The van der Waals surface area contributed by atoms with E-state index < -0.39 is 0 Å². The maximum atomic E-state index is 13.2. The molecule has 0 unspecified atom stereocenters. The third-order valence-corrected chi connectivity index (χ3v) is 5.10. The smallest absolute Gasteiger partial charge is 0.261 e. The number of nitrogens with zero attached hydrogens (tertiary/aromatic N) is 6. The lowest BCUT2D eigenvalue weighted by Crippen LogP contribution is -2.10. The quantitative estimate of drug-likeness (QED) is 0.244. The van der Waals surface area contributed by atoms with Crippen molar-refractivity contribution in [3.63, 3.8) is 0 Å². The van der Waals surface area contributed by atoms with E-state index in [0.717, 1.165) is 0 Å². The summed E-state index contributed by atoms with van der Waals surface area (Å²) in [6.45, 7) is 4.45. The topological polar surface area (TPSA) is 144 Å². The van der Waals surface area contributed by atoms with Gasteiger partial charge in [0.2, 0.25) is 0 Å². The van der Waals surface area contributed by atoms with Crippen LogP contribution < -0.4 is 15.0 Å². The maximum Gasteiger partial charge on any atom is 0.261 e. The molecule has 3 aromatic heterocycles. The Morgan fingerprint density at radius 1 is 1.17 bits per heavy atom. The number of hydrogen-bond acceptors (Lipinski definition) is 9. The monoisotopic (exact) mass is 490 g/mol. The summed E-state index contributed by atoms with van der Waals surface area (Å²) in [5.41, 5.74) is 2.65. The normalized spacial score (nSPS) is 12.1. The molecule has 0 fully saturated rings. The molecule has 3 heterocycles. The molecule has 0 aliphatic heterocycles. The summed E-state index contributed by atoms with van der Waals surface area (Å²) in [6, 6.07) is 3.52. The van der Waals surface area contributed by atoms with E-state index in [0.29, 0.717) is 64.8 Å². The predicted octanol–water partition coefficient (Wildman–Crippen LogP) is 2.83. The van der Waals surface area contributed by atoms with Gasteiger partial charge >= 0.3 is 0 Å². The highest BCUT2D eigenvalue weighted by Crippen LogP contribution is 2.35. The molecule has 0 spiro atoms. The first kappa shape index (κ1) is 24.5. The number of ether oxygens (including phenoxy) is 3. The number of hydrogen-bond donors (Lipinski definition) is 2. The van der Waals surface area contributed by atoms with Crippen molar-refractivity contribution in [1.82, 2.24) is 24.7 Å². The van der Waals surface area contributed by atoms with Gasteiger partial charge in [-0.05, 0) is 12.8 Å². The van der Waals surface area contributed by atoms with Gasteiger partial charge in [-0.3, -0.25) is 24.5 Å². The van der Waals surface area contributed by atoms with Gasteiger partial charge in [0.15, 0.2) is 11.5 Å². The Bertz CT molecular complexity index is 1530. The number of benzene rings is 1. The molecule has 0 aliphatic rings. The van der Waals surface area contributed by atoms with Crippen LogP contribution in [0.3, 0.4) is 0 Å². The van der Waals surface area contributed by atoms with Gasteiger partial charge in [0.1, 0.15) is 29.2 Å². The Labute approximate surface area is 206 Å². The highest BCUT2D eigenvalue weighted by Gasteiger charge is 2.20. The molecule has 4 rings (SSSR count). The van der Waals surface area contributed by atoms with Crippen molar-refractivity contribution < 1.29 is 14.2 Å². The zero-order valence-corrected chi connectivity index (χ0v) is 20.2. The van der Waals surface area contributed by atoms with E-state index in [1.807, 2.05) is 0 Å². The summed E-state index contributed by atoms with van der Waals surface area (Å²) in [4.78, 5) is 36.3. The highest BCUT2D eigenvalue weighted by molar-refractivity contribution is 5.96. The van der Waals surface area contributed by atoms with Crippen LogP contribution in [0.1, 0.15) is 0 Å². The number of aliphatic imine (C=N–C) groups is 3. The summed E-state index contributed by atoms with van der Waals surface area (Å²) in [7, 11) is 4.93. The number of fused-ring (bicyclic) bond motifs is 2. The Balaban J connectivity index is 1.79. The van der Waals surface area contributed by atoms with Crippen molar-refractivity contribution in [3.8, 4) is 22.9 Å². The van der Waals surface area contributed by atoms with Gasteiger partial charge in [0, 0.05) is 51.1 Å². The third kappa shape index (κ3) is 5.23. The average Bonchev–Trinajstić information content (AvgIpc) is 3.44. The number of H-pyrrole nitrogens is 2. The molecule has 12 nitrogen and oxygen atoms in total. The fraction of sp³-hybridized carbons (Fsp3) is 0.250. The Hall–Kier alpha value is -4.58. The SMILES string of the molecule is C=N/C=C\C=NCC=Nc1c(-c2nc3cc(OC)c(OCCOC)cc3[nH]2)c(=O)[nH]c2cn(C)nc12. The highest BCUT2D eigenvalue weighted by atomic mass is 16.5. The zero-order chi connectivity index (χ0) is 25.5. The van der Waals surface area contributed by atoms with Crippen LogP contribution in [0.15, 0.2) is 50.4 Å². The lowest BCUT2D eigenvalue weighted by atomic mass is 10.2. The number of allylic oxidation sites excluding steroid dienone is 1. The molecule has 1 aromatic carbocycles. The summed E-state index contributed by atoms with van der Waals surface area (Å²) in [6.07, 6.45) is 8.10. The van der Waals surface area contributed by atoms with Gasteiger partial charge in [-0.2, -0.15) is 5.10 Å². The molecule has 0 radical (unpaired) electrons. The molecule has 36 heavy (non-hydrogen) atoms. The van der Waals surface area contributed by atoms with E-state index in [1.54, 1.807) is 62.8 Å². The number of nitrogens with one attached hydrogen (secondary N) is 2. The molecule has 2 N–H and O–H groups in total. The number of aromatic amines is 2. The summed E-state index contributed by atoms with van der Waals surface area (Å²) in [5.74, 6) is 1.39. The Morgan fingerprint density at radius 3 is 2.81 bits per heavy atom. The molecular formula is C24H26N8O4. The minimum atomic E-state index is -0.353. The maximum absolute atomic E-state index is 13.2. The molecule has 0 amide bonds. The summed E-state index contributed by atoms with van der Waals surface area (Å²) < 4.78 is 17.9. The summed E-state index contributed by atoms with van der Waals surface area (Å²) >= 11 is 0. The van der Waals surface area contributed by atoms with Crippen LogP contribution in [0.2, 0.25) is 0 Å².